The lowest BCUT2D eigenvalue weighted by Gasteiger charge is -2.71. The highest BCUT2D eigenvalue weighted by Crippen LogP contribution is 2.75. The van der Waals surface area contributed by atoms with E-state index in [1.807, 2.05) is 35.1 Å². The van der Waals surface area contributed by atoms with Crippen LogP contribution in [0.1, 0.15) is 37.3 Å². The van der Waals surface area contributed by atoms with Crippen molar-refractivity contribution >= 4 is 5.91 Å². The maximum Gasteiger partial charge on any atom is 0.522 e. The summed E-state index contributed by atoms with van der Waals surface area (Å²) in [5, 5.41) is 4.60. The van der Waals surface area contributed by atoms with E-state index in [2.05, 4.69) is 9.84 Å². The number of hydrogen-bond acceptors (Lipinski definition) is 5. The first kappa shape index (κ1) is 21.8. The Kier molecular flexibility index (Phi) is 4.88. The van der Waals surface area contributed by atoms with Crippen molar-refractivity contribution in [2.75, 3.05) is 6.61 Å². The van der Waals surface area contributed by atoms with Gasteiger partial charge in [-0.1, -0.05) is 18.2 Å². The second-order valence-electron chi connectivity index (χ2n) is 10.2. The molecular formula is C24H26F3N3O4. The van der Waals surface area contributed by atoms with Crippen molar-refractivity contribution in [2.24, 2.45) is 28.9 Å². The Morgan fingerprint density at radius 1 is 1.24 bits per heavy atom. The van der Waals surface area contributed by atoms with Crippen molar-refractivity contribution in [2.45, 2.75) is 56.7 Å². The van der Waals surface area contributed by atoms with E-state index in [1.54, 1.807) is 6.07 Å². The second kappa shape index (κ2) is 7.63. The van der Waals surface area contributed by atoms with Crippen LogP contribution >= 0.6 is 0 Å². The van der Waals surface area contributed by atoms with Gasteiger partial charge in [-0.25, -0.2) is 0 Å². The zero-order chi connectivity index (χ0) is 23.7. The molecule has 7 rings (SSSR count). The molecule has 10 heteroatoms. The molecule has 0 spiro atoms. The third-order valence-electron chi connectivity index (χ3n) is 8.20. The summed E-state index contributed by atoms with van der Waals surface area (Å²) in [6.45, 7) is 0.310. The summed E-state index contributed by atoms with van der Waals surface area (Å²) in [4.78, 5) is 12.3. The fourth-order valence-electron chi connectivity index (χ4n) is 6.49. The Bertz CT molecular complexity index is 1090. The van der Waals surface area contributed by atoms with Crippen molar-refractivity contribution < 1.29 is 32.2 Å². The number of alkyl halides is 3. The predicted octanol–water partition coefficient (Wildman–Crippen LogP) is 3.63. The first-order valence-electron chi connectivity index (χ1n) is 11.7. The smallest absolute Gasteiger partial charge is 0.480 e. The SMILES string of the molecule is NC(=O)C1Oc2ccccc2CC1C12CC(C1)C2n1ccc(OC[C@H]2C[C@@H](OC(F)(F)F)C2)n1. The van der Waals surface area contributed by atoms with Crippen LogP contribution in [0, 0.1) is 23.2 Å². The van der Waals surface area contributed by atoms with Crippen molar-refractivity contribution in [3.8, 4) is 11.6 Å². The Morgan fingerprint density at radius 3 is 2.68 bits per heavy atom. The number of amides is 1. The van der Waals surface area contributed by atoms with Crippen LogP contribution in [0.15, 0.2) is 36.5 Å². The molecule has 2 heterocycles. The molecule has 0 radical (unpaired) electrons. The number of halogens is 3. The van der Waals surface area contributed by atoms with Gasteiger partial charge in [-0.05, 0) is 55.6 Å². The normalized spacial score (nSPS) is 35.7. The summed E-state index contributed by atoms with van der Waals surface area (Å²) in [6, 6.07) is 9.70. The molecule has 2 bridgehead atoms. The molecule has 7 nitrogen and oxygen atoms in total. The summed E-state index contributed by atoms with van der Waals surface area (Å²) in [5.74, 6) is 1.23. The Hall–Kier alpha value is -2.75. The lowest BCUT2D eigenvalue weighted by Crippen LogP contribution is -2.69. The van der Waals surface area contributed by atoms with Gasteiger partial charge >= 0.3 is 6.36 Å². The number of para-hydroxylation sites is 1. The molecule has 3 unspecified atom stereocenters. The molecule has 1 amide bonds. The minimum Gasteiger partial charge on any atom is -0.480 e. The fourth-order valence-corrected chi connectivity index (χ4v) is 6.49. The summed E-state index contributed by atoms with van der Waals surface area (Å²) < 4.78 is 54.6. The van der Waals surface area contributed by atoms with Gasteiger partial charge in [-0.15, -0.1) is 18.3 Å². The molecule has 1 aromatic heterocycles. The highest BCUT2D eigenvalue weighted by Gasteiger charge is 2.71. The summed E-state index contributed by atoms with van der Waals surface area (Å²) in [6.07, 6.45) is -0.754. The molecule has 1 aromatic carbocycles. The number of rotatable bonds is 7. The molecule has 2 N–H and O–H groups in total. The van der Waals surface area contributed by atoms with Gasteiger partial charge in [0.1, 0.15) is 5.75 Å². The highest BCUT2D eigenvalue weighted by atomic mass is 19.4. The van der Waals surface area contributed by atoms with Crippen LogP contribution in [0.3, 0.4) is 0 Å². The third kappa shape index (κ3) is 3.54. The van der Waals surface area contributed by atoms with Crippen LogP contribution in [0.2, 0.25) is 0 Å². The number of carbonyl (C=O) groups excluding carboxylic acids is 1. The lowest BCUT2D eigenvalue weighted by molar-refractivity contribution is -0.354. The van der Waals surface area contributed by atoms with E-state index in [-0.39, 0.29) is 23.3 Å². The summed E-state index contributed by atoms with van der Waals surface area (Å²) >= 11 is 0. The van der Waals surface area contributed by atoms with E-state index in [1.165, 1.54) is 0 Å². The summed E-state index contributed by atoms with van der Waals surface area (Å²) in [7, 11) is 0. The third-order valence-corrected chi connectivity index (χ3v) is 8.20. The number of ether oxygens (including phenoxy) is 3. The molecule has 5 aliphatic rings. The van der Waals surface area contributed by atoms with Crippen LogP contribution in [0.4, 0.5) is 13.2 Å². The van der Waals surface area contributed by atoms with Crippen LogP contribution in [-0.2, 0) is 16.0 Å². The molecule has 0 saturated heterocycles. The summed E-state index contributed by atoms with van der Waals surface area (Å²) in [5.41, 5.74) is 6.74. The quantitative estimate of drug-likeness (QED) is 0.658. The monoisotopic (exact) mass is 477 g/mol. The molecule has 182 valence electrons. The maximum atomic E-state index is 12.3. The number of nitrogens with two attached hydrogens (primary N) is 1. The standard InChI is InChI=1S/C24H26F3N3O4/c25-24(26,27)34-16-7-13(8-16)12-32-19-5-6-30(29-19)21-15-10-23(21,11-15)17-9-14-3-1-2-4-18(14)33-20(17)22(28)31/h1-6,13,15-17,20-21H,7-12H2,(H2,28,31)/t13-,15?,16+,17?,20?,21?,23?. The number of nitrogens with zero attached hydrogens (tertiary/aromatic N) is 2. The number of carbonyl (C=O) groups is 1. The molecule has 34 heavy (non-hydrogen) atoms. The van der Waals surface area contributed by atoms with Gasteiger partial charge in [0.25, 0.3) is 5.91 Å². The van der Waals surface area contributed by atoms with Gasteiger partial charge in [0.05, 0.1) is 18.8 Å². The topological polar surface area (TPSA) is 88.6 Å². The minimum absolute atomic E-state index is 0.0241. The molecule has 1 aliphatic heterocycles. The van der Waals surface area contributed by atoms with E-state index in [0.717, 1.165) is 30.6 Å². The first-order valence-corrected chi connectivity index (χ1v) is 11.7. The van der Waals surface area contributed by atoms with Crippen molar-refractivity contribution in [3.63, 3.8) is 0 Å². The predicted molar refractivity (Wildman–Crippen MR) is 113 cm³/mol. The fraction of sp³-hybridized carbons (Fsp3) is 0.583. The number of benzene rings is 1. The maximum absolute atomic E-state index is 12.3. The van der Waals surface area contributed by atoms with Gasteiger partial charge in [0.15, 0.2) is 6.10 Å². The second-order valence-corrected chi connectivity index (χ2v) is 10.2. The van der Waals surface area contributed by atoms with Crippen LogP contribution < -0.4 is 15.2 Å². The minimum atomic E-state index is -4.59. The number of primary amides is 1. The van der Waals surface area contributed by atoms with E-state index >= 15 is 0 Å². The van der Waals surface area contributed by atoms with Gasteiger partial charge in [-0.3, -0.25) is 14.2 Å². The first-order chi connectivity index (χ1) is 16.2. The Labute approximate surface area is 194 Å². The molecule has 2 aromatic rings. The van der Waals surface area contributed by atoms with E-state index < -0.39 is 24.5 Å². The Balaban J connectivity index is 1.11. The van der Waals surface area contributed by atoms with Crippen molar-refractivity contribution in [1.29, 1.82) is 0 Å². The van der Waals surface area contributed by atoms with Crippen molar-refractivity contribution in [1.82, 2.24) is 9.78 Å². The zero-order valence-corrected chi connectivity index (χ0v) is 18.4. The average molecular weight is 477 g/mol. The number of aromatic nitrogens is 2. The lowest BCUT2D eigenvalue weighted by atomic mass is 9.35. The molecular weight excluding hydrogens is 451 g/mol. The van der Waals surface area contributed by atoms with Crippen LogP contribution in [-0.4, -0.2) is 40.9 Å². The number of hydrogen-bond donors (Lipinski definition) is 1. The molecule has 4 fully saturated rings. The van der Waals surface area contributed by atoms with Gasteiger partial charge in [-0.2, -0.15) is 0 Å². The average Bonchev–Trinajstić information content (AvgIpc) is 3.13. The van der Waals surface area contributed by atoms with Crippen LogP contribution in [0.25, 0.3) is 0 Å². The van der Waals surface area contributed by atoms with Gasteiger partial charge in [0, 0.05) is 23.6 Å². The molecule has 4 saturated carbocycles. The van der Waals surface area contributed by atoms with E-state index in [4.69, 9.17) is 15.2 Å². The van der Waals surface area contributed by atoms with Gasteiger partial charge < -0.3 is 15.2 Å². The van der Waals surface area contributed by atoms with Crippen molar-refractivity contribution in [3.05, 3.63) is 42.1 Å². The van der Waals surface area contributed by atoms with Crippen LogP contribution in [0.5, 0.6) is 11.6 Å². The highest BCUT2D eigenvalue weighted by molar-refractivity contribution is 5.80. The van der Waals surface area contributed by atoms with E-state index in [0.29, 0.717) is 31.2 Å². The van der Waals surface area contributed by atoms with E-state index in [9.17, 15) is 18.0 Å². The largest absolute Gasteiger partial charge is 0.522 e. The van der Waals surface area contributed by atoms with Gasteiger partial charge in [0.2, 0.25) is 5.88 Å². The zero-order valence-electron chi connectivity index (χ0n) is 18.4. The molecule has 3 atom stereocenters. The Morgan fingerprint density at radius 2 is 2.00 bits per heavy atom. The molecule has 4 aliphatic carbocycles. The number of fused-ring (bicyclic) bond motifs is 1.